The van der Waals surface area contributed by atoms with E-state index in [0.717, 1.165) is 38.2 Å². The minimum Gasteiger partial charge on any atom is -0.318 e. The highest BCUT2D eigenvalue weighted by Gasteiger charge is 2.04. The average Bonchev–Trinajstić information content (AvgIpc) is 2.46. The normalized spacial score (nSPS) is 11.3. The summed E-state index contributed by atoms with van der Waals surface area (Å²) < 4.78 is 12.9. The molecule has 0 fully saturated rings. The molecule has 1 N–H and O–H groups in total. The van der Waals surface area contributed by atoms with Crippen LogP contribution in [0.15, 0.2) is 48.1 Å². The fraction of sp³-hybridized carbons (Fsp3) is 0.444. The molecule has 21 heavy (non-hydrogen) atoms. The van der Waals surface area contributed by atoms with Crippen molar-refractivity contribution < 1.29 is 4.39 Å². The van der Waals surface area contributed by atoms with Crippen LogP contribution in [-0.4, -0.2) is 31.6 Å². The summed E-state index contributed by atoms with van der Waals surface area (Å²) in [5.41, 5.74) is 2.46. The first-order valence-corrected chi connectivity index (χ1v) is 7.53. The van der Waals surface area contributed by atoms with Gasteiger partial charge >= 0.3 is 0 Å². The molecule has 0 aliphatic rings. The second-order valence-electron chi connectivity index (χ2n) is 5.47. The van der Waals surface area contributed by atoms with Gasteiger partial charge in [-0.05, 0) is 45.0 Å². The van der Waals surface area contributed by atoms with Gasteiger partial charge < -0.3 is 5.32 Å². The highest BCUT2D eigenvalue weighted by Crippen LogP contribution is 2.07. The fourth-order valence-corrected chi connectivity index (χ4v) is 2.00. The maximum Gasteiger partial charge on any atom is 0.123 e. The Morgan fingerprint density at radius 3 is 2.52 bits per heavy atom. The lowest BCUT2D eigenvalue weighted by Gasteiger charge is -2.21. The van der Waals surface area contributed by atoms with Crippen molar-refractivity contribution in [3.05, 3.63) is 59.4 Å². The monoisotopic (exact) mass is 290 g/mol. The standard InChI is InChI=1S/C18H27FN2/c1-16(2)7-5-4-6-13-21(14-12-20-3)15-17-8-10-18(19)11-9-17/h4-5,7-11,20H,6,12-15H2,1-3H3/b5-4-. The van der Waals surface area contributed by atoms with Crippen LogP contribution in [0, 0.1) is 5.82 Å². The van der Waals surface area contributed by atoms with Gasteiger partial charge in [-0.1, -0.05) is 35.9 Å². The Labute approximate surface area is 128 Å². The molecule has 116 valence electrons. The van der Waals surface area contributed by atoms with Crippen molar-refractivity contribution in [3.63, 3.8) is 0 Å². The minimum atomic E-state index is -0.176. The summed E-state index contributed by atoms with van der Waals surface area (Å²) in [6.45, 7) is 8.00. The molecule has 0 amide bonds. The molecule has 2 nitrogen and oxygen atoms in total. The Hall–Kier alpha value is -1.45. The summed E-state index contributed by atoms with van der Waals surface area (Å²) in [6, 6.07) is 6.78. The number of likely N-dealkylation sites (N-methyl/N-ethyl adjacent to an activating group) is 1. The van der Waals surface area contributed by atoms with Gasteiger partial charge in [-0.15, -0.1) is 0 Å². The van der Waals surface area contributed by atoms with Gasteiger partial charge in [-0.25, -0.2) is 4.39 Å². The van der Waals surface area contributed by atoms with Crippen LogP contribution >= 0.6 is 0 Å². The number of allylic oxidation sites excluding steroid dienone is 3. The molecule has 0 saturated heterocycles. The molecule has 0 aromatic heterocycles. The molecule has 1 aromatic carbocycles. The van der Waals surface area contributed by atoms with Crippen molar-refractivity contribution in [1.82, 2.24) is 10.2 Å². The van der Waals surface area contributed by atoms with Crippen LogP contribution in [0.1, 0.15) is 25.8 Å². The highest BCUT2D eigenvalue weighted by molar-refractivity contribution is 5.16. The molecule has 1 rings (SSSR count). The molecule has 3 heteroatoms. The fourth-order valence-electron chi connectivity index (χ4n) is 2.00. The largest absolute Gasteiger partial charge is 0.318 e. The molecule has 0 aliphatic heterocycles. The molecule has 0 radical (unpaired) electrons. The minimum absolute atomic E-state index is 0.176. The lowest BCUT2D eigenvalue weighted by molar-refractivity contribution is 0.272. The average molecular weight is 290 g/mol. The summed E-state index contributed by atoms with van der Waals surface area (Å²) >= 11 is 0. The van der Waals surface area contributed by atoms with E-state index in [-0.39, 0.29) is 5.82 Å². The number of nitrogens with zero attached hydrogens (tertiary/aromatic N) is 1. The lowest BCUT2D eigenvalue weighted by Crippen LogP contribution is -2.31. The van der Waals surface area contributed by atoms with Crippen LogP contribution in [0.3, 0.4) is 0 Å². The van der Waals surface area contributed by atoms with Crippen LogP contribution in [0.25, 0.3) is 0 Å². The van der Waals surface area contributed by atoms with Crippen LogP contribution in [0.5, 0.6) is 0 Å². The third-order valence-electron chi connectivity index (χ3n) is 3.18. The quantitative estimate of drug-likeness (QED) is 0.697. The topological polar surface area (TPSA) is 15.3 Å². The van der Waals surface area contributed by atoms with E-state index in [0.29, 0.717) is 0 Å². The zero-order valence-corrected chi connectivity index (χ0v) is 13.4. The van der Waals surface area contributed by atoms with Gasteiger partial charge in [0.05, 0.1) is 0 Å². The summed E-state index contributed by atoms with van der Waals surface area (Å²) in [5, 5.41) is 3.18. The van der Waals surface area contributed by atoms with Crippen LogP contribution < -0.4 is 5.32 Å². The lowest BCUT2D eigenvalue weighted by atomic mass is 10.2. The van der Waals surface area contributed by atoms with E-state index in [1.165, 1.54) is 17.7 Å². The van der Waals surface area contributed by atoms with Gasteiger partial charge in [0.15, 0.2) is 0 Å². The zero-order chi connectivity index (χ0) is 15.5. The third-order valence-corrected chi connectivity index (χ3v) is 3.18. The summed E-state index contributed by atoms with van der Waals surface area (Å²) in [7, 11) is 1.96. The summed E-state index contributed by atoms with van der Waals surface area (Å²) in [5.74, 6) is -0.176. The van der Waals surface area contributed by atoms with Gasteiger partial charge in [0.2, 0.25) is 0 Å². The van der Waals surface area contributed by atoms with Gasteiger partial charge in [0.25, 0.3) is 0 Å². The van der Waals surface area contributed by atoms with Crippen molar-refractivity contribution in [3.8, 4) is 0 Å². The van der Waals surface area contributed by atoms with E-state index in [1.54, 1.807) is 0 Å². The Bertz CT molecular complexity index is 445. The SMILES string of the molecule is CNCCN(CC/C=C\C=C(C)C)Cc1ccc(F)cc1. The number of rotatable bonds is 9. The molecule has 1 aromatic rings. The number of hydrogen-bond donors (Lipinski definition) is 1. The first kappa shape index (κ1) is 17.6. The molecule has 0 unspecified atom stereocenters. The first-order chi connectivity index (χ1) is 10.1. The van der Waals surface area contributed by atoms with Crippen molar-refractivity contribution in [2.24, 2.45) is 0 Å². The van der Waals surface area contributed by atoms with E-state index in [9.17, 15) is 4.39 Å². The van der Waals surface area contributed by atoms with E-state index in [2.05, 4.69) is 42.3 Å². The zero-order valence-electron chi connectivity index (χ0n) is 13.4. The smallest absolute Gasteiger partial charge is 0.123 e. The first-order valence-electron chi connectivity index (χ1n) is 7.53. The molecule has 0 saturated carbocycles. The van der Waals surface area contributed by atoms with Gasteiger partial charge in [-0.3, -0.25) is 4.90 Å². The predicted molar refractivity (Wildman–Crippen MR) is 88.8 cm³/mol. The second-order valence-corrected chi connectivity index (χ2v) is 5.47. The Kier molecular flexibility index (Phi) is 8.63. The molecule has 0 aliphatic carbocycles. The van der Waals surface area contributed by atoms with Crippen molar-refractivity contribution >= 4 is 0 Å². The van der Waals surface area contributed by atoms with Crippen molar-refractivity contribution in [2.75, 3.05) is 26.7 Å². The molecule has 0 spiro atoms. The van der Waals surface area contributed by atoms with Crippen molar-refractivity contribution in [1.29, 1.82) is 0 Å². The Morgan fingerprint density at radius 1 is 1.19 bits per heavy atom. The van der Waals surface area contributed by atoms with Gasteiger partial charge in [0.1, 0.15) is 5.82 Å². The Morgan fingerprint density at radius 2 is 1.90 bits per heavy atom. The van der Waals surface area contributed by atoms with Gasteiger partial charge in [-0.2, -0.15) is 0 Å². The number of nitrogens with one attached hydrogen (secondary N) is 1. The molecular weight excluding hydrogens is 263 g/mol. The van der Waals surface area contributed by atoms with Crippen LogP contribution in [0.2, 0.25) is 0 Å². The molecule has 0 atom stereocenters. The number of halogens is 1. The number of hydrogen-bond acceptors (Lipinski definition) is 2. The maximum atomic E-state index is 12.9. The van der Waals surface area contributed by atoms with E-state index in [4.69, 9.17) is 0 Å². The van der Waals surface area contributed by atoms with Crippen molar-refractivity contribution in [2.45, 2.75) is 26.8 Å². The van der Waals surface area contributed by atoms with Gasteiger partial charge in [0, 0.05) is 26.2 Å². The summed E-state index contributed by atoms with van der Waals surface area (Å²) in [6.07, 6.45) is 7.46. The van der Waals surface area contributed by atoms with Crippen LogP contribution in [-0.2, 0) is 6.54 Å². The van der Waals surface area contributed by atoms with E-state index < -0.39 is 0 Å². The Balaban J connectivity index is 2.48. The second kappa shape index (κ2) is 10.3. The van der Waals surface area contributed by atoms with Crippen LogP contribution in [0.4, 0.5) is 4.39 Å². The molecule has 0 bridgehead atoms. The van der Waals surface area contributed by atoms with E-state index >= 15 is 0 Å². The molecule has 0 heterocycles. The third kappa shape index (κ3) is 8.43. The number of benzene rings is 1. The highest BCUT2D eigenvalue weighted by atomic mass is 19.1. The molecular formula is C18H27FN2. The van der Waals surface area contributed by atoms with E-state index in [1.807, 2.05) is 19.2 Å². The predicted octanol–water partition coefficient (Wildman–Crippen LogP) is 3.76. The maximum absolute atomic E-state index is 12.9. The summed E-state index contributed by atoms with van der Waals surface area (Å²) in [4.78, 5) is 2.39.